The Bertz CT molecular complexity index is 465. The van der Waals surface area contributed by atoms with Crippen LogP contribution >= 0.6 is 0 Å². The second-order valence-corrected chi connectivity index (χ2v) is 7.23. The smallest absolute Gasteiger partial charge is 0.0693 e. The van der Waals surface area contributed by atoms with Crippen molar-refractivity contribution in [2.45, 2.75) is 52.9 Å². The molecule has 0 aromatic carbocycles. The second kappa shape index (κ2) is 5.00. The van der Waals surface area contributed by atoms with Crippen LogP contribution in [-0.4, -0.2) is 9.78 Å². The molecule has 1 saturated carbocycles. The maximum atomic E-state index is 9.62. The second-order valence-electron chi connectivity index (χ2n) is 7.23. The molecular formula is C16H25N3. The van der Waals surface area contributed by atoms with Crippen LogP contribution in [0.2, 0.25) is 0 Å². The lowest BCUT2D eigenvalue weighted by Crippen LogP contribution is -2.33. The molecule has 1 aliphatic rings. The number of rotatable bonds is 2. The molecule has 0 atom stereocenters. The molecule has 1 aliphatic carbocycles. The molecular weight excluding hydrogens is 234 g/mol. The molecule has 3 heteroatoms. The Labute approximate surface area is 116 Å². The van der Waals surface area contributed by atoms with Gasteiger partial charge in [-0.15, -0.1) is 0 Å². The van der Waals surface area contributed by atoms with Gasteiger partial charge in [-0.2, -0.15) is 10.4 Å². The van der Waals surface area contributed by atoms with Crippen molar-refractivity contribution in [3.8, 4) is 6.07 Å². The third-order valence-electron chi connectivity index (χ3n) is 4.71. The van der Waals surface area contributed by atoms with E-state index >= 15 is 0 Å². The summed E-state index contributed by atoms with van der Waals surface area (Å²) >= 11 is 0. The van der Waals surface area contributed by atoms with Crippen molar-refractivity contribution in [3.63, 3.8) is 0 Å². The molecule has 104 valence electrons. The highest BCUT2D eigenvalue weighted by Gasteiger charge is 2.39. The minimum atomic E-state index is -0.162. The van der Waals surface area contributed by atoms with Crippen molar-refractivity contribution in [1.29, 1.82) is 5.26 Å². The molecule has 3 nitrogen and oxygen atoms in total. The van der Waals surface area contributed by atoms with Gasteiger partial charge in [-0.05, 0) is 49.0 Å². The van der Waals surface area contributed by atoms with Gasteiger partial charge in [0, 0.05) is 13.2 Å². The average Bonchev–Trinajstić information content (AvgIpc) is 2.74. The van der Waals surface area contributed by atoms with E-state index in [1.54, 1.807) is 0 Å². The molecule has 1 aromatic rings. The number of nitriles is 1. The van der Waals surface area contributed by atoms with Gasteiger partial charge in [0.25, 0.3) is 0 Å². The maximum Gasteiger partial charge on any atom is 0.0693 e. The number of aromatic nitrogens is 2. The van der Waals surface area contributed by atoms with Gasteiger partial charge in [-0.1, -0.05) is 20.8 Å². The lowest BCUT2D eigenvalue weighted by molar-refractivity contribution is 0.120. The van der Waals surface area contributed by atoms with E-state index < -0.39 is 0 Å². The molecule has 0 unspecified atom stereocenters. The minimum absolute atomic E-state index is 0.162. The van der Waals surface area contributed by atoms with Crippen molar-refractivity contribution in [2.24, 2.45) is 23.8 Å². The third-order valence-corrected chi connectivity index (χ3v) is 4.71. The fourth-order valence-corrected chi connectivity index (χ4v) is 3.32. The van der Waals surface area contributed by atoms with Crippen LogP contribution in [0.4, 0.5) is 0 Å². The Morgan fingerprint density at radius 1 is 1.42 bits per heavy atom. The summed E-state index contributed by atoms with van der Waals surface area (Å²) in [5, 5.41) is 13.8. The summed E-state index contributed by atoms with van der Waals surface area (Å²) in [5.74, 6) is 0.753. The van der Waals surface area contributed by atoms with Crippen molar-refractivity contribution in [1.82, 2.24) is 9.78 Å². The predicted octanol–water partition coefficient (Wildman–Crippen LogP) is 3.71. The fourth-order valence-electron chi connectivity index (χ4n) is 3.32. The quantitative estimate of drug-likeness (QED) is 0.812. The first kappa shape index (κ1) is 14.1. The Hall–Kier alpha value is -1.30. The molecule has 0 bridgehead atoms. The van der Waals surface area contributed by atoms with Crippen molar-refractivity contribution < 1.29 is 0 Å². The van der Waals surface area contributed by atoms with Gasteiger partial charge in [-0.25, -0.2) is 0 Å². The molecule has 1 fully saturated rings. The lowest BCUT2D eigenvalue weighted by atomic mass is 9.63. The highest BCUT2D eigenvalue weighted by atomic mass is 15.2. The van der Waals surface area contributed by atoms with E-state index in [2.05, 4.69) is 31.9 Å². The van der Waals surface area contributed by atoms with Crippen LogP contribution in [0.25, 0.3) is 0 Å². The van der Waals surface area contributed by atoms with E-state index in [-0.39, 0.29) is 5.41 Å². The zero-order valence-electron chi connectivity index (χ0n) is 12.6. The average molecular weight is 259 g/mol. The largest absolute Gasteiger partial charge is 0.276 e. The normalized spacial score (nSPS) is 28.1. The van der Waals surface area contributed by atoms with E-state index in [1.807, 2.05) is 24.1 Å². The number of aryl methyl sites for hydroxylation is 1. The fraction of sp³-hybridized carbons (Fsp3) is 0.750. The topological polar surface area (TPSA) is 41.6 Å². The van der Waals surface area contributed by atoms with Gasteiger partial charge in [0.05, 0.1) is 17.7 Å². The van der Waals surface area contributed by atoms with Crippen LogP contribution in [0, 0.1) is 28.1 Å². The highest BCUT2D eigenvalue weighted by molar-refractivity contribution is 5.14. The van der Waals surface area contributed by atoms with Crippen molar-refractivity contribution >= 4 is 0 Å². The number of nitrogens with zero attached hydrogens (tertiary/aromatic N) is 3. The van der Waals surface area contributed by atoms with Gasteiger partial charge < -0.3 is 0 Å². The first-order valence-corrected chi connectivity index (χ1v) is 7.23. The summed E-state index contributed by atoms with van der Waals surface area (Å²) in [6, 6.07) is 2.61. The third kappa shape index (κ3) is 3.18. The van der Waals surface area contributed by atoms with Crippen LogP contribution in [0.15, 0.2) is 12.4 Å². The molecule has 0 spiro atoms. The lowest BCUT2D eigenvalue weighted by Gasteiger charge is -2.40. The molecule has 1 aromatic heterocycles. The van der Waals surface area contributed by atoms with Gasteiger partial charge in [0.1, 0.15) is 0 Å². The molecule has 2 rings (SSSR count). The standard InChI is InChI=1S/C16H25N3/c1-15(2,3)14-5-7-16(12-17,8-6-14)9-13-10-18-19(4)11-13/h10-11,14H,5-9H2,1-4H3. The van der Waals surface area contributed by atoms with Crippen molar-refractivity contribution in [3.05, 3.63) is 18.0 Å². The number of hydrogen-bond acceptors (Lipinski definition) is 2. The van der Waals surface area contributed by atoms with Crippen molar-refractivity contribution in [2.75, 3.05) is 0 Å². The molecule has 0 amide bonds. The Morgan fingerprint density at radius 3 is 2.47 bits per heavy atom. The minimum Gasteiger partial charge on any atom is -0.276 e. The summed E-state index contributed by atoms with van der Waals surface area (Å²) < 4.78 is 1.82. The first-order chi connectivity index (χ1) is 8.85. The zero-order valence-corrected chi connectivity index (χ0v) is 12.6. The number of hydrogen-bond donors (Lipinski definition) is 0. The molecule has 0 N–H and O–H groups in total. The summed E-state index contributed by atoms with van der Waals surface area (Å²) in [7, 11) is 1.93. The maximum absolute atomic E-state index is 9.62. The van der Waals surface area contributed by atoms with E-state index in [0.29, 0.717) is 5.41 Å². The summed E-state index contributed by atoms with van der Waals surface area (Å²) in [6.45, 7) is 6.95. The highest BCUT2D eigenvalue weighted by Crippen LogP contribution is 2.46. The first-order valence-electron chi connectivity index (χ1n) is 7.23. The van der Waals surface area contributed by atoms with E-state index in [0.717, 1.165) is 25.2 Å². The summed E-state index contributed by atoms with van der Waals surface area (Å²) in [6.07, 6.45) is 9.20. The Morgan fingerprint density at radius 2 is 2.05 bits per heavy atom. The van der Waals surface area contributed by atoms with E-state index in [9.17, 15) is 5.26 Å². The molecule has 0 radical (unpaired) electrons. The molecule has 19 heavy (non-hydrogen) atoms. The Kier molecular flexibility index (Phi) is 3.71. The summed E-state index contributed by atoms with van der Waals surface area (Å²) in [4.78, 5) is 0. The van der Waals surface area contributed by atoms with Crippen LogP contribution in [-0.2, 0) is 13.5 Å². The monoisotopic (exact) mass is 259 g/mol. The van der Waals surface area contributed by atoms with E-state index in [1.165, 1.54) is 18.4 Å². The molecule has 1 heterocycles. The van der Waals surface area contributed by atoms with Gasteiger partial charge >= 0.3 is 0 Å². The molecule has 0 saturated heterocycles. The SMILES string of the molecule is Cn1cc(CC2(C#N)CCC(C(C)(C)C)CC2)cn1. The predicted molar refractivity (Wildman–Crippen MR) is 76.4 cm³/mol. The van der Waals surface area contributed by atoms with Crippen LogP contribution in [0.5, 0.6) is 0 Å². The zero-order chi connectivity index (χ0) is 14.1. The van der Waals surface area contributed by atoms with Gasteiger partial charge in [0.15, 0.2) is 0 Å². The van der Waals surface area contributed by atoms with E-state index in [4.69, 9.17) is 0 Å². The van der Waals surface area contributed by atoms with Crippen LogP contribution < -0.4 is 0 Å². The van der Waals surface area contributed by atoms with Gasteiger partial charge in [-0.3, -0.25) is 4.68 Å². The molecule has 0 aliphatic heterocycles. The van der Waals surface area contributed by atoms with Crippen LogP contribution in [0.1, 0.15) is 52.0 Å². The summed E-state index contributed by atoms with van der Waals surface area (Å²) in [5.41, 5.74) is 1.40. The van der Waals surface area contributed by atoms with Gasteiger partial charge in [0.2, 0.25) is 0 Å². The van der Waals surface area contributed by atoms with Crippen LogP contribution in [0.3, 0.4) is 0 Å². The Balaban J connectivity index is 2.04.